The molecule has 13 heteroatoms. The van der Waals surface area contributed by atoms with Gasteiger partial charge in [-0.15, -0.1) is 0 Å². The van der Waals surface area contributed by atoms with Crippen molar-refractivity contribution in [3.8, 4) is 5.75 Å². The van der Waals surface area contributed by atoms with Gasteiger partial charge in [-0.3, -0.25) is 28.9 Å². The van der Waals surface area contributed by atoms with Crippen molar-refractivity contribution in [1.82, 2.24) is 25.8 Å². The Balaban J connectivity index is 0.00000139. The van der Waals surface area contributed by atoms with Crippen molar-refractivity contribution in [2.75, 3.05) is 66.2 Å². The van der Waals surface area contributed by atoms with Gasteiger partial charge in [0.05, 0.1) is 40.0 Å². The Morgan fingerprint density at radius 1 is 1.07 bits per heavy atom. The third kappa shape index (κ3) is 10.4. The van der Waals surface area contributed by atoms with Crippen LogP contribution in [0.2, 0.25) is 0 Å². The number of benzene rings is 1. The molecule has 3 N–H and O–H groups in total. The first-order valence-corrected chi connectivity index (χ1v) is 14.2. The van der Waals surface area contributed by atoms with Crippen LogP contribution in [0.4, 0.5) is 0 Å². The van der Waals surface area contributed by atoms with Crippen molar-refractivity contribution in [3.63, 3.8) is 0 Å². The van der Waals surface area contributed by atoms with Crippen molar-refractivity contribution < 1.29 is 42.5 Å². The Labute approximate surface area is 251 Å². The average molecular weight is 596 g/mol. The lowest BCUT2D eigenvalue weighted by Crippen LogP contribution is -2.55. The molecule has 1 aromatic rings. The van der Waals surface area contributed by atoms with Gasteiger partial charge in [0.25, 0.3) is 0 Å². The molecular weight excluding hydrogens is 546 g/mol. The van der Waals surface area contributed by atoms with Gasteiger partial charge in [0, 0.05) is 36.9 Å². The van der Waals surface area contributed by atoms with Gasteiger partial charge in [-0.2, -0.15) is 0 Å². The summed E-state index contributed by atoms with van der Waals surface area (Å²) in [5.74, 6) is -0.812. The number of likely N-dealkylation sites (tertiary alicyclic amines) is 1. The number of amides is 4. The van der Waals surface area contributed by atoms with Crippen LogP contribution in [0.5, 0.6) is 5.75 Å². The fourth-order valence-electron chi connectivity index (χ4n) is 4.49. The number of methoxy groups -OCH3 is 1. The molecular formula is C29H49N5O8. The summed E-state index contributed by atoms with van der Waals surface area (Å²) in [4.78, 5) is 65.1. The van der Waals surface area contributed by atoms with Crippen molar-refractivity contribution in [3.05, 3.63) is 29.8 Å². The highest BCUT2D eigenvalue weighted by Gasteiger charge is 2.50. The van der Waals surface area contributed by atoms with Crippen LogP contribution in [-0.2, 0) is 33.4 Å². The van der Waals surface area contributed by atoms with E-state index in [4.69, 9.17) is 14.2 Å². The molecule has 3 saturated heterocycles. The predicted octanol–water partition coefficient (Wildman–Crippen LogP) is 0.146. The van der Waals surface area contributed by atoms with Crippen LogP contribution in [0.1, 0.15) is 36.5 Å². The Hall–Kier alpha value is -3.55. The fraction of sp³-hybridized carbons (Fsp3) is 0.621. The molecule has 3 fully saturated rings. The van der Waals surface area contributed by atoms with Crippen molar-refractivity contribution >= 4 is 29.4 Å². The van der Waals surface area contributed by atoms with Gasteiger partial charge in [0.1, 0.15) is 23.4 Å². The SMILES string of the molecule is COc1ccc(C)cc1.C[C@H](NC(=O)CN1CCOCC1)C(=O)NCC(=O)N[C@@H](CN1CCCC1=O)C(=O)[C@@]1(C)CO1.[HH].[HH].[HH]. The molecule has 0 bridgehead atoms. The van der Waals surface area contributed by atoms with Gasteiger partial charge in [-0.05, 0) is 39.3 Å². The highest BCUT2D eigenvalue weighted by atomic mass is 16.6. The van der Waals surface area contributed by atoms with E-state index in [0.717, 1.165) is 5.75 Å². The molecule has 42 heavy (non-hydrogen) atoms. The fourth-order valence-corrected chi connectivity index (χ4v) is 4.49. The standard InChI is InChI=1S/C21H33N5O7.C8H10O.3H2/c1-14(23-17(28)12-25-6-8-32-9-7-25)20(31)22-10-16(27)24-15(19(30)21(2)13-33-21)11-26-5-3-4-18(26)29;1-7-3-5-8(9-2)6-4-7;;;/h14-15H,3-13H2,1-2H3,(H,22,31)(H,23,28)(H,24,27);3-6H,1-2H3;3*1H/t14-,15-,21+;;;;/m0..../s1. The number of hydrogen-bond donors (Lipinski definition) is 3. The maximum atomic E-state index is 12.8. The Morgan fingerprint density at radius 2 is 1.74 bits per heavy atom. The largest absolute Gasteiger partial charge is 0.497 e. The van der Waals surface area contributed by atoms with E-state index in [1.165, 1.54) is 12.5 Å². The molecule has 0 saturated carbocycles. The van der Waals surface area contributed by atoms with E-state index >= 15 is 0 Å². The van der Waals surface area contributed by atoms with Gasteiger partial charge < -0.3 is 35.1 Å². The summed E-state index contributed by atoms with van der Waals surface area (Å²) < 4.78 is 15.4. The van der Waals surface area contributed by atoms with Crippen LogP contribution in [0.25, 0.3) is 0 Å². The summed E-state index contributed by atoms with van der Waals surface area (Å²) >= 11 is 0. The average Bonchev–Trinajstić information content (AvgIpc) is 3.61. The van der Waals surface area contributed by atoms with E-state index in [1.54, 1.807) is 18.9 Å². The van der Waals surface area contributed by atoms with E-state index in [-0.39, 0.29) is 48.1 Å². The minimum atomic E-state index is -0.955. The number of hydrogen-bond acceptors (Lipinski definition) is 9. The van der Waals surface area contributed by atoms with E-state index in [2.05, 4.69) is 22.9 Å². The van der Waals surface area contributed by atoms with Gasteiger partial charge >= 0.3 is 0 Å². The molecule has 3 aliphatic heterocycles. The summed E-state index contributed by atoms with van der Waals surface area (Å²) in [5, 5.41) is 7.70. The second-order valence-electron chi connectivity index (χ2n) is 10.9. The number of ketones is 1. The summed E-state index contributed by atoms with van der Waals surface area (Å²) in [5.41, 5.74) is 0.305. The first-order chi connectivity index (χ1) is 20.0. The molecule has 3 heterocycles. The molecule has 0 aromatic heterocycles. The highest BCUT2D eigenvalue weighted by molar-refractivity contribution is 5.98. The topological polar surface area (TPSA) is 159 Å². The van der Waals surface area contributed by atoms with E-state index in [0.29, 0.717) is 45.7 Å². The van der Waals surface area contributed by atoms with Crippen LogP contribution in [0, 0.1) is 6.92 Å². The van der Waals surface area contributed by atoms with E-state index in [9.17, 15) is 24.0 Å². The third-order valence-electron chi connectivity index (χ3n) is 7.25. The lowest BCUT2D eigenvalue weighted by molar-refractivity contribution is -0.134. The van der Waals surface area contributed by atoms with Crippen LogP contribution in [0.3, 0.4) is 0 Å². The maximum Gasteiger partial charge on any atom is 0.242 e. The van der Waals surface area contributed by atoms with Gasteiger partial charge in [-0.1, -0.05) is 17.7 Å². The smallest absolute Gasteiger partial charge is 0.242 e. The number of Topliss-reactive ketones (excluding diaryl/α,β-unsaturated/α-hetero) is 1. The molecule has 1 aromatic carbocycles. The predicted molar refractivity (Wildman–Crippen MR) is 159 cm³/mol. The minimum Gasteiger partial charge on any atom is -0.497 e. The highest BCUT2D eigenvalue weighted by Crippen LogP contribution is 2.28. The Kier molecular flexibility index (Phi) is 12.3. The molecule has 0 aliphatic carbocycles. The molecule has 0 spiro atoms. The summed E-state index contributed by atoms with van der Waals surface area (Å²) in [6.45, 7) is 8.35. The van der Waals surface area contributed by atoms with Crippen LogP contribution in [-0.4, -0.2) is 123 Å². The van der Waals surface area contributed by atoms with Crippen molar-refractivity contribution in [1.29, 1.82) is 0 Å². The second-order valence-corrected chi connectivity index (χ2v) is 10.9. The second kappa shape index (κ2) is 15.6. The zero-order valence-electron chi connectivity index (χ0n) is 24.9. The lowest BCUT2D eigenvalue weighted by Gasteiger charge is -2.26. The number of rotatable bonds is 12. The van der Waals surface area contributed by atoms with Gasteiger partial charge in [0.15, 0.2) is 5.78 Å². The number of aryl methyl sites for hydroxylation is 1. The van der Waals surface area contributed by atoms with E-state index < -0.39 is 29.5 Å². The Morgan fingerprint density at radius 3 is 2.31 bits per heavy atom. The minimum absolute atomic E-state index is 0. The van der Waals surface area contributed by atoms with E-state index in [1.807, 2.05) is 29.2 Å². The quantitative estimate of drug-likeness (QED) is 0.286. The molecule has 0 radical (unpaired) electrons. The Bertz CT molecular complexity index is 1120. The molecule has 0 unspecified atom stereocenters. The maximum absolute atomic E-state index is 12.8. The normalized spacial score (nSPS) is 21.3. The third-order valence-corrected chi connectivity index (χ3v) is 7.25. The molecule has 3 atom stereocenters. The number of carbonyl (C=O) groups is 5. The number of nitrogens with zero attached hydrogens (tertiary/aromatic N) is 2. The van der Waals surface area contributed by atoms with Gasteiger partial charge in [0.2, 0.25) is 23.6 Å². The first kappa shape index (κ1) is 33.0. The number of morpholine rings is 1. The monoisotopic (exact) mass is 595 g/mol. The summed E-state index contributed by atoms with van der Waals surface area (Å²) in [6, 6.07) is 6.21. The molecule has 13 nitrogen and oxygen atoms in total. The summed E-state index contributed by atoms with van der Waals surface area (Å²) in [7, 11) is 1.67. The van der Waals surface area contributed by atoms with Crippen LogP contribution in [0.15, 0.2) is 24.3 Å². The molecule has 4 amide bonds. The molecule has 4 rings (SSSR count). The zero-order valence-corrected chi connectivity index (χ0v) is 24.9. The number of carbonyl (C=O) groups excluding carboxylic acids is 5. The number of nitrogens with one attached hydrogen (secondary N) is 3. The zero-order chi connectivity index (χ0) is 30.7. The van der Waals surface area contributed by atoms with Gasteiger partial charge in [-0.25, -0.2) is 0 Å². The van der Waals surface area contributed by atoms with Crippen molar-refractivity contribution in [2.24, 2.45) is 0 Å². The number of epoxide rings is 1. The van der Waals surface area contributed by atoms with Crippen LogP contribution < -0.4 is 20.7 Å². The molecule has 238 valence electrons. The molecule has 3 aliphatic rings. The van der Waals surface area contributed by atoms with Crippen LogP contribution >= 0.6 is 0 Å². The first-order valence-electron chi connectivity index (χ1n) is 14.2. The number of ether oxygens (including phenoxy) is 3. The lowest BCUT2D eigenvalue weighted by atomic mass is 10.00. The van der Waals surface area contributed by atoms with Crippen molar-refractivity contribution in [2.45, 2.75) is 51.3 Å². The summed E-state index contributed by atoms with van der Waals surface area (Å²) in [6.07, 6.45) is 1.14.